The SMILES string of the molecule is CNCC1CCC1CCSC(F)(F)F. The van der Waals surface area contributed by atoms with E-state index in [1.165, 1.54) is 6.42 Å². The van der Waals surface area contributed by atoms with Crippen LogP contribution in [0.3, 0.4) is 0 Å². The molecule has 1 aliphatic carbocycles. The van der Waals surface area contributed by atoms with Crippen LogP contribution >= 0.6 is 11.8 Å². The van der Waals surface area contributed by atoms with Crippen LogP contribution in [-0.2, 0) is 0 Å². The molecule has 0 aromatic heterocycles. The fraction of sp³-hybridized carbons (Fsp3) is 1.00. The van der Waals surface area contributed by atoms with Gasteiger partial charge in [-0.2, -0.15) is 13.2 Å². The van der Waals surface area contributed by atoms with E-state index in [0.29, 0.717) is 18.3 Å². The number of nitrogens with one attached hydrogen (secondary N) is 1. The van der Waals surface area contributed by atoms with Crippen LogP contribution in [0.2, 0.25) is 0 Å². The molecule has 1 nitrogen and oxygen atoms in total. The van der Waals surface area contributed by atoms with Crippen molar-refractivity contribution in [3.8, 4) is 0 Å². The van der Waals surface area contributed by atoms with Crippen LogP contribution in [0, 0.1) is 11.8 Å². The zero-order valence-corrected chi connectivity index (χ0v) is 9.05. The predicted octanol–water partition coefficient (Wildman–Crippen LogP) is 2.88. The lowest BCUT2D eigenvalue weighted by atomic mass is 9.72. The second-order valence-corrected chi connectivity index (χ2v) is 4.90. The molecule has 1 rings (SSSR count). The molecule has 0 bridgehead atoms. The van der Waals surface area contributed by atoms with Crippen molar-refractivity contribution < 1.29 is 13.2 Å². The molecule has 2 unspecified atom stereocenters. The highest BCUT2D eigenvalue weighted by atomic mass is 32.2. The molecule has 2 atom stereocenters. The van der Waals surface area contributed by atoms with Gasteiger partial charge in [-0.1, -0.05) is 11.8 Å². The Hall–Kier alpha value is 0.100. The van der Waals surface area contributed by atoms with Crippen LogP contribution in [0.5, 0.6) is 0 Å². The Balaban J connectivity index is 2.07. The van der Waals surface area contributed by atoms with Gasteiger partial charge >= 0.3 is 5.51 Å². The Morgan fingerprint density at radius 2 is 1.93 bits per heavy atom. The third-order valence-corrected chi connectivity index (χ3v) is 3.56. The maximum absolute atomic E-state index is 11.8. The van der Waals surface area contributed by atoms with E-state index >= 15 is 0 Å². The lowest BCUT2D eigenvalue weighted by Crippen LogP contribution is -2.34. The van der Waals surface area contributed by atoms with Gasteiger partial charge in [-0.3, -0.25) is 0 Å². The van der Waals surface area contributed by atoms with Crippen LogP contribution in [0.4, 0.5) is 13.2 Å². The Bertz CT molecular complexity index is 172. The Morgan fingerprint density at radius 3 is 2.36 bits per heavy atom. The summed E-state index contributed by atoms with van der Waals surface area (Å²) in [6.07, 6.45) is 2.98. The van der Waals surface area contributed by atoms with Gasteiger partial charge in [0.05, 0.1) is 0 Å². The van der Waals surface area contributed by atoms with E-state index in [4.69, 9.17) is 0 Å². The first-order valence-corrected chi connectivity index (χ1v) is 5.87. The summed E-state index contributed by atoms with van der Waals surface area (Å²) < 4.78 is 35.5. The molecule has 84 valence electrons. The first-order chi connectivity index (χ1) is 6.53. The molecule has 1 saturated carbocycles. The molecule has 1 N–H and O–H groups in total. The molecule has 1 aliphatic rings. The average molecular weight is 227 g/mol. The van der Waals surface area contributed by atoms with Crippen LogP contribution < -0.4 is 5.32 Å². The maximum atomic E-state index is 11.8. The summed E-state index contributed by atoms with van der Waals surface area (Å²) in [7, 11) is 1.89. The van der Waals surface area contributed by atoms with Crippen molar-refractivity contribution >= 4 is 11.8 Å². The number of hydrogen-bond acceptors (Lipinski definition) is 2. The molecule has 5 heteroatoms. The largest absolute Gasteiger partial charge is 0.441 e. The first kappa shape index (κ1) is 12.2. The molecule has 1 fully saturated rings. The lowest BCUT2D eigenvalue weighted by Gasteiger charge is -2.36. The van der Waals surface area contributed by atoms with Gasteiger partial charge in [-0.25, -0.2) is 0 Å². The van der Waals surface area contributed by atoms with E-state index in [1.807, 2.05) is 7.05 Å². The van der Waals surface area contributed by atoms with Crippen molar-refractivity contribution in [3.63, 3.8) is 0 Å². The molecule has 14 heavy (non-hydrogen) atoms. The van der Waals surface area contributed by atoms with Gasteiger partial charge in [0.15, 0.2) is 0 Å². The van der Waals surface area contributed by atoms with Crippen molar-refractivity contribution in [2.75, 3.05) is 19.3 Å². The minimum Gasteiger partial charge on any atom is -0.319 e. The molecule has 0 aliphatic heterocycles. The number of hydrogen-bond donors (Lipinski definition) is 1. The van der Waals surface area contributed by atoms with Gasteiger partial charge in [0.1, 0.15) is 0 Å². The van der Waals surface area contributed by atoms with Crippen LogP contribution in [0.15, 0.2) is 0 Å². The molecule has 0 radical (unpaired) electrons. The second kappa shape index (κ2) is 5.26. The van der Waals surface area contributed by atoms with E-state index in [2.05, 4.69) is 5.32 Å². The molecule has 0 aromatic rings. The summed E-state index contributed by atoms with van der Waals surface area (Å²) in [5.74, 6) is 1.33. The summed E-state index contributed by atoms with van der Waals surface area (Å²) in [6, 6.07) is 0. The highest BCUT2D eigenvalue weighted by Gasteiger charge is 2.32. The van der Waals surface area contributed by atoms with E-state index in [0.717, 1.165) is 13.0 Å². The van der Waals surface area contributed by atoms with Crippen molar-refractivity contribution in [3.05, 3.63) is 0 Å². The van der Waals surface area contributed by atoms with Gasteiger partial charge in [-0.05, 0) is 44.7 Å². The highest BCUT2D eigenvalue weighted by Crippen LogP contribution is 2.39. The summed E-state index contributed by atoms with van der Waals surface area (Å²) in [6.45, 7) is 0.946. The standard InChI is InChI=1S/C9H16F3NS/c1-13-6-8-3-2-7(8)4-5-14-9(10,11)12/h7-8,13H,2-6H2,1H3. The Labute approximate surface area is 86.8 Å². The first-order valence-electron chi connectivity index (χ1n) is 4.88. The van der Waals surface area contributed by atoms with E-state index < -0.39 is 5.51 Å². The van der Waals surface area contributed by atoms with Gasteiger partial charge in [0.2, 0.25) is 0 Å². The Kier molecular flexibility index (Phi) is 4.57. The lowest BCUT2D eigenvalue weighted by molar-refractivity contribution is -0.0329. The van der Waals surface area contributed by atoms with Crippen molar-refractivity contribution in [2.24, 2.45) is 11.8 Å². The second-order valence-electron chi connectivity index (χ2n) is 3.74. The van der Waals surface area contributed by atoms with Crippen molar-refractivity contribution in [2.45, 2.75) is 24.8 Å². The monoisotopic (exact) mass is 227 g/mol. The summed E-state index contributed by atoms with van der Waals surface area (Å²) in [4.78, 5) is 0. The highest BCUT2D eigenvalue weighted by molar-refractivity contribution is 8.00. The number of rotatable bonds is 5. The molecular formula is C9H16F3NS. The number of halogens is 3. The molecular weight excluding hydrogens is 211 g/mol. The third-order valence-electron chi connectivity index (χ3n) is 2.80. The topological polar surface area (TPSA) is 12.0 Å². The van der Waals surface area contributed by atoms with E-state index in [9.17, 15) is 13.2 Å². The maximum Gasteiger partial charge on any atom is 0.441 e. The number of alkyl halides is 3. The van der Waals surface area contributed by atoms with Crippen LogP contribution in [0.1, 0.15) is 19.3 Å². The third kappa shape index (κ3) is 4.09. The average Bonchev–Trinajstić information content (AvgIpc) is 2.04. The predicted molar refractivity (Wildman–Crippen MR) is 53.3 cm³/mol. The van der Waals surface area contributed by atoms with Gasteiger partial charge < -0.3 is 5.32 Å². The molecule has 0 spiro atoms. The summed E-state index contributed by atoms with van der Waals surface area (Å²) in [5, 5.41) is 3.08. The van der Waals surface area contributed by atoms with E-state index in [1.54, 1.807) is 0 Å². The summed E-state index contributed by atoms with van der Waals surface area (Å²) >= 11 is 0.111. The fourth-order valence-corrected chi connectivity index (χ4v) is 2.53. The minimum absolute atomic E-state index is 0.111. The van der Waals surface area contributed by atoms with Crippen molar-refractivity contribution in [1.29, 1.82) is 0 Å². The van der Waals surface area contributed by atoms with Crippen molar-refractivity contribution in [1.82, 2.24) is 5.32 Å². The molecule has 0 aromatic carbocycles. The van der Waals surface area contributed by atoms with Gasteiger partial charge in [-0.15, -0.1) is 0 Å². The zero-order chi connectivity index (χ0) is 10.6. The van der Waals surface area contributed by atoms with Gasteiger partial charge in [0.25, 0.3) is 0 Å². The van der Waals surface area contributed by atoms with Crippen LogP contribution in [-0.4, -0.2) is 24.9 Å². The molecule has 0 amide bonds. The normalized spacial score (nSPS) is 27.4. The summed E-state index contributed by atoms with van der Waals surface area (Å²) in [5.41, 5.74) is -4.05. The number of thioether (sulfide) groups is 1. The fourth-order valence-electron chi connectivity index (χ4n) is 1.88. The minimum atomic E-state index is -4.05. The van der Waals surface area contributed by atoms with E-state index in [-0.39, 0.29) is 17.5 Å². The Morgan fingerprint density at radius 1 is 1.29 bits per heavy atom. The quantitative estimate of drug-likeness (QED) is 0.775. The van der Waals surface area contributed by atoms with Gasteiger partial charge in [0, 0.05) is 5.75 Å². The molecule has 0 saturated heterocycles. The molecule has 0 heterocycles. The smallest absolute Gasteiger partial charge is 0.319 e. The zero-order valence-electron chi connectivity index (χ0n) is 8.23. The van der Waals surface area contributed by atoms with Crippen LogP contribution in [0.25, 0.3) is 0 Å².